The number of fused-ring (bicyclic) bond motifs is 2. The number of benzene rings is 2. The van der Waals surface area contributed by atoms with Crippen LogP contribution >= 0.6 is 55.9 Å². The number of thioether (sulfide) groups is 1. The first kappa shape index (κ1) is 104. The van der Waals surface area contributed by atoms with E-state index in [1.807, 2.05) is 36.4 Å². The molecule has 0 radical (unpaired) electrons. The highest BCUT2D eigenvalue weighted by Gasteiger charge is 2.53. The zero-order valence-electron chi connectivity index (χ0n) is 73.3. The van der Waals surface area contributed by atoms with Crippen molar-refractivity contribution in [3.05, 3.63) is 79.5 Å². The fourth-order valence-electron chi connectivity index (χ4n) is 15.7. The van der Waals surface area contributed by atoms with E-state index in [0.717, 1.165) is 11.8 Å². The number of ketones is 4. The summed E-state index contributed by atoms with van der Waals surface area (Å²) in [6.45, 7) is 18.8. The maximum atomic E-state index is 14.7. The molecule has 2 bridgehead atoms. The lowest BCUT2D eigenvalue weighted by molar-refractivity contribution is -0.337. The van der Waals surface area contributed by atoms with Crippen molar-refractivity contribution in [2.24, 2.45) is 29.2 Å². The average molecular weight is 1920 g/mol. The Balaban J connectivity index is 0.993. The van der Waals surface area contributed by atoms with Gasteiger partial charge in [0, 0.05) is 105 Å². The predicted molar refractivity (Wildman–Crippen MR) is 473 cm³/mol. The minimum absolute atomic E-state index is 0.000672. The number of aliphatic hydroxyl groups excluding tert-OH is 4. The normalized spacial score (nSPS) is 28.6. The van der Waals surface area contributed by atoms with Gasteiger partial charge in [-0.3, -0.25) is 33.6 Å². The Morgan fingerprint density at radius 3 is 2.11 bits per heavy atom. The van der Waals surface area contributed by atoms with E-state index in [1.54, 1.807) is 89.6 Å². The number of rotatable bonds is 43. The van der Waals surface area contributed by atoms with Crippen LogP contribution in [-0.4, -0.2) is 270 Å². The number of hydroxylamine groups is 1. The summed E-state index contributed by atoms with van der Waals surface area (Å²) < 4.78 is 74.8. The molecular weight excluding hydrogens is 1800 g/mol. The number of halogens is 1. The molecule has 8 rings (SSSR count). The van der Waals surface area contributed by atoms with Gasteiger partial charge < -0.3 is 119 Å². The molecule has 692 valence electrons. The van der Waals surface area contributed by atoms with Crippen LogP contribution in [0.1, 0.15) is 161 Å². The van der Waals surface area contributed by atoms with Gasteiger partial charge in [-0.05, 0) is 145 Å². The third-order valence-corrected chi connectivity index (χ3v) is 27.7. The number of likely N-dealkylation sites (N-methyl/N-ethyl adjacent to an activating group) is 1. The maximum Gasteiger partial charge on any atom is 0.410 e. The van der Waals surface area contributed by atoms with E-state index in [-0.39, 0.29) is 134 Å². The second-order valence-electron chi connectivity index (χ2n) is 32.2. The quantitative estimate of drug-likeness (QED) is 0.0106. The van der Waals surface area contributed by atoms with Gasteiger partial charge in [0.2, 0.25) is 29.0 Å². The summed E-state index contributed by atoms with van der Waals surface area (Å²) in [5, 5.41) is 66.3. The van der Waals surface area contributed by atoms with Gasteiger partial charge >= 0.3 is 12.1 Å². The van der Waals surface area contributed by atoms with Crippen LogP contribution in [0.5, 0.6) is 17.2 Å². The Hall–Kier alpha value is -6.85. The molecule has 0 saturated carbocycles. The summed E-state index contributed by atoms with van der Waals surface area (Å²) >= 11 is 2.77. The van der Waals surface area contributed by atoms with Crippen LogP contribution in [-0.2, 0) is 82.8 Å². The summed E-state index contributed by atoms with van der Waals surface area (Å²) in [4.78, 5) is 130. The van der Waals surface area contributed by atoms with Crippen molar-refractivity contribution in [3.63, 3.8) is 0 Å². The monoisotopic (exact) mass is 1920 g/mol. The van der Waals surface area contributed by atoms with E-state index in [2.05, 4.69) is 45.1 Å². The minimum Gasteiger partial charge on any atom is -0.492 e. The summed E-state index contributed by atoms with van der Waals surface area (Å²) in [5.74, 6) is 7.65. The zero-order chi connectivity index (χ0) is 91.8. The number of methoxy groups -OCH3 is 4. The number of carbonyl (C=O) groups excluding carboxylic acids is 9. The summed E-state index contributed by atoms with van der Waals surface area (Å²) in [5.41, 5.74) is 13.5. The van der Waals surface area contributed by atoms with Crippen LogP contribution in [0.4, 0.5) is 15.3 Å². The summed E-state index contributed by atoms with van der Waals surface area (Å²) in [6, 6.07) is 2.74. The number of nitrogens with zero attached hydrogens (tertiary/aromatic N) is 1. The molecule has 22 atom stereocenters. The molecule has 0 unspecified atom stereocenters. The van der Waals surface area contributed by atoms with E-state index >= 15 is 0 Å². The number of primary amides is 1. The lowest BCUT2D eigenvalue weighted by Gasteiger charge is -2.47. The fraction of sp³-hybridized carbons (Fsp3) is 0.644. The molecule has 13 N–H and O–H groups in total. The third kappa shape index (κ3) is 27.9. The molecule has 0 spiro atoms. The highest BCUT2D eigenvalue weighted by molar-refractivity contribution is 14.1. The number of Topliss-reactive ketones (excluding diaryl/α,β-unsaturated/α-hetero) is 4. The second kappa shape index (κ2) is 49.2. The zero-order valence-corrected chi connectivity index (χ0v) is 77.9. The minimum atomic E-state index is -2.08. The topological polar surface area (TPSA) is 478 Å². The van der Waals surface area contributed by atoms with E-state index < -0.39 is 180 Å². The first-order valence-electron chi connectivity index (χ1n) is 41.9. The molecule has 4 aliphatic heterocycles. The highest BCUT2D eigenvalue weighted by atomic mass is 127. The number of ether oxygens (including phenoxy) is 12. The molecule has 6 aliphatic rings. The van der Waals surface area contributed by atoms with Crippen LogP contribution < -0.4 is 47.1 Å². The van der Waals surface area contributed by atoms with Gasteiger partial charge in [0.1, 0.15) is 54.8 Å². The highest BCUT2D eigenvalue weighted by Crippen LogP contribution is 2.50. The summed E-state index contributed by atoms with van der Waals surface area (Å²) in [7, 11) is 8.54. The molecule has 4 saturated heterocycles. The largest absolute Gasteiger partial charge is 0.492 e. The van der Waals surface area contributed by atoms with Crippen molar-refractivity contribution >= 4 is 114 Å². The van der Waals surface area contributed by atoms with Crippen LogP contribution in [0.15, 0.2) is 59.2 Å². The molecule has 4 fully saturated rings. The number of urea groups is 1. The van der Waals surface area contributed by atoms with Crippen molar-refractivity contribution in [1.29, 1.82) is 0 Å². The fourth-order valence-corrected chi connectivity index (χ4v) is 19.3. The number of carbonyl (C=O) groups is 9. The summed E-state index contributed by atoms with van der Waals surface area (Å²) in [6.07, 6.45) is -14.1. The van der Waals surface area contributed by atoms with E-state index in [1.165, 1.54) is 70.1 Å². The van der Waals surface area contributed by atoms with Gasteiger partial charge in [0.15, 0.2) is 47.5 Å². The number of allylic oxidation sites excluding steroid dienone is 3. The van der Waals surface area contributed by atoms with Gasteiger partial charge in [-0.2, -0.15) is 5.48 Å². The second-order valence-corrected chi connectivity index (χ2v) is 37.4. The predicted octanol–water partition coefficient (Wildman–Crippen LogP) is 6.87. The van der Waals surface area contributed by atoms with Gasteiger partial charge in [-0.1, -0.05) is 109 Å². The van der Waals surface area contributed by atoms with Crippen LogP contribution in [0.25, 0.3) is 0 Å². The number of hydrogen-bond donors (Lipinski definition) is 11. The lowest BCUT2D eigenvalue weighted by Crippen LogP contribution is -2.65. The number of unbranched alkanes of at least 4 members (excludes halogenated alkanes) is 1. The third-order valence-electron chi connectivity index (χ3n) is 22.2. The van der Waals surface area contributed by atoms with Crippen LogP contribution in [0.3, 0.4) is 0 Å². The molecule has 34 nitrogen and oxygen atoms in total. The Morgan fingerprint density at radius 1 is 0.792 bits per heavy atom. The van der Waals surface area contributed by atoms with Crippen LogP contribution in [0.2, 0.25) is 0 Å². The van der Waals surface area contributed by atoms with Crippen LogP contribution in [0, 0.1) is 51.9 Å². The van der Waals surface area contributed by atoms with Gasteiger partial charge in [-0.25, -0.2) is 9.59 Å². The molecule has 5 amide bonds. The molecule has 2 aromatic carbocycles. The average Bonchev–Trinajstić information content (AvgIpc) is 0.753. The van der Waals surface area contributed by atoms with Crippen molar-refractivity contribution < 1.29 is 130 Å². The molecule has 0 aromatic heterocycles. The van der Waals surface area contributed by atoms with E-state index in [4.69, 9.17) is 73.1 Å². The number of aliphatic hydroxyl groups is 5. The number of anilines is 1. The Bertz CT molecular complexity index is 4300. The van der Waals surface area contributed by atoms with Gasteiger partial charge in [0.25, 0.3) is 0 Å². The number of amides is 5. The molecule has 125 heavy (non-hydrogen) atoms. The Kier molecular flexibility index (Phi) is 40.8. The molecular formula is C87H122IN7O27S3. The number of nitrogens with one attached hydrogen (secondary N) is 4. The van der Waals surface area contributed by atoms with Crippen molar-refractivity contribution in [2.45, 2.75) is 280 Å². The first-order chi connectivity index (χ1) is 59.4. The van der Waals surface area contributed by atoms with E-state index in [0.29, 0.717) is 51.9 Å². The van der Waals surface area contributed by atoms with Gasteiger partial charge in [-0.15, -0.1) is 0 Å². The SMILES string of the molecule is CCN(C(=O)OCc1ccc(NC(=O)[C@H](CCCNC(N)=O)CC(=O)[C@@H](NC(=O)[C@H](CCCCN)CC(C)=O)C(C)C)cc1)[C@H]1CO[C@@H](O[C@H]2[C@H](O[C@H]3C#C/C=C\C#C[C@]4(O)CC(=O)C(CC(C)=O)=C3/C4=C\CSSC(C)C)O[C@H](C)[C@@H](NO[C@H]3C[C@H](O)[C@H](SC(=O)c4c(C)c(I)c(O[C@@H]5O[C@@H](C)[C@H](O)[C@@H](OC)[C@H]5O)c(OC)c4OC)[C@@H](C)O3)[C@@H]2O)C[C@@H]1OC. The smallest absolute Gasteiger partial charge is 0.410 e. The van der Waals surface area contributed by atoms with Crippen molar-refractivity contribution in [2.75, 3.05) is 65.7 Å². The number of nitrogens with two attached hydrogens (primary N) is 2. The van der Waals surface area contributed by atoms with Crippen molar-refractivity contribution in [3.8, 4) is 40.9 Å². The van der Waals surface area contributed by atoms with Gasteiger partial charge in [0.05, 0.1) is 90.3 Å². The molecule has 2 aliphatic carbocycles. The maximum absolute atomic E-state index is 14.7. The molecule has 4 heterocycles. The number of hydrogen-bond acceptors (Lipinski definition) is 32. The Labute approximate surface area is 755 Å². The Morgan fingerprint density at radius 2 is 1.48 bits per heavy atom. The standard InChI is InChI=1S/C87H122IN7O27S3/c1-16-95(86(108)115-42-52-27-29-55(30-28-52)92-80(104)54(25-23-34-91-85(90)107)38-59(98)69(44(2)3)93-81(105)53(36-46(6)96)24-20-22-33-89)58-43-114-64(40-63(58)110-12)120-77-72(102)70(49(9)117-84(77)119-62-26-19-17-18-21-32-87(109)41-61(100)56(37-47(7)97)67(62)57(87)31-35-123-125-45(4)5)94-122-65-39-60(99)79(51(11)116-65)124-82(106)66-48(8)68(88)75(78(113-15)74(66)111-13)121-83-73(103)76(112-14)71(101)50(10)118-83/h17-18,27-31,44-45,49-51,53-54,58,60,62-65,69-73,76-77,79,83-84,94,99,101-103,109H,16,20,22-25,33-43,89H2,1-15H3,(H,92,104)(H,93,105)(H3,90,91,107)/b18-17-,57-31+/t49-,50+,51-,53-,54-,58+,60+,62+,63+,64+,65+,69+,70-,71+,72+,73-,76-,77-,79-,83+,84+,87+/m1/s1. The molecule has 2 aromatic rings. The van der Waals surface area contributed by atoms with E-state index in [9.17, 15) is 68.7 Å². The lowest BCUT2D eigenvalue weighted by atomic mass is 9.72. The first-order valence-corrected chi connectivity index (χ1v) is 46.2. The van der Waals surface area contributed by atoms with Crippen molar-refractivity contribution in [1.82, 2.24) is 21.0 Å². The molecule has 38 heteroatoms.